The van der Waals surface area contributed by atoms with Crippen LogP contribution in [0.5, 0.6) is 0 Å². The number of nitrogens with zero attached hydrogens (tertiary/aromatic N) is 1. The molecule has 0 bridgehead atoms. The lowest BCUT2D eigenvalue weighted by Gasteiger charge is -2.27. The molecule has 0 aromatic heterocycles. The summed E-state index contributed by atoms with van der Waals surface area (Å²) in [5.74, 6) is 0.215. The number of rotatable bonds is 5. The second-order valence-corrected chi connectivity index (χ2v) is 7.25. The van der Waals surface area contributed by atoms with E-state index in [1.165, 1.54) is 0 Å². The zero-order chi connectivity index (χ0) is 16.3. The number of aliphatic hydroxyl groups is 1. The smallest absolute Gasteiger partial charge is 0.227 e. The Morgan fingerprint density at radius 1 is 1.27 bits per heavy atom. The summed E-state index contributed by atoms with van der Waals surface area (Å²) in [5, 5.41) is 13.5. The predicted molar refractivity (Wildman–Crippen MR) is 89.9 cm³/mol. The van der Waals surface area contributed by atoms with Gasteiger partial charge in [-0.2, -0.15) is 0 Å². The molecule has 2 atom stereocenters. The van der Waals surface area contributed by atoms with Crippen LogP contribution < -0.4 is 10.2 Å². The average Bonchev–Trinajstić information content (AvgIpc) is 2.89. The van der Waals surface area contributed by atoms with E-state index in [1.54, 1.807) is 0 Å². The van der Waals surface area contributed by atoms with Crippen molar-refractivity contribution in [3.8, 4) is 0 Å². The van der Waals surface area contributed by atoms with Gasteiger partial charge < -0.3 is 15.3 Å². The molecule has 1 aromatic carbocycles. The molecule has 0 aliphatic carbocycles. The van der Waals surface area contributed by atoms with Gasteiger partial charge in [0.1, 0.15) is 0 Å². The van der Waals surface area contributed by atoms with Crippen molar-refractivity contribution in [2.45, 2.75) is 52.7 Å². The number of carbonyl (C=O) groups excluding carboxylic acids is 1. The van der Waals surface area contributed by atoms with Crippen LogP contribution >= 0.6 is 0 Å². The molecule has 1 fully saturated rings. The first-order valence-electron chi connectivity index (χ1n) is 8.11. The summed E-state index contributed by atoms with van der Waals surface area (Å²) in [6, 6.07) is 8.30. The average molecular weight is 304 g/mol. The SMILES string of the molecule is CC(NCC(O)C(C)(C)C)c1ccc(N2CCCC2=O)cc1. The van der Waals surface area contributed by atoms with Crippen molar-refractivity contribution in [2.24, 2.45) is 5.41 Å². The first kappa shape index (κ1) is 17.0. The summed E-state index contributed by atoms with van der Waals surface area (Å²) in [7, 11) is 0. The molecule has 1 amide bonds. The van der Waals surface area contributed by atoms with Gasteiger partial charge in [0.05, 0.1) is 6.10 Å². The van der Waals surface area contributed by atoms with Crippen molar-refractivity contribution in [1.82, 2.24) is 5.32 Å². The molecule has 0 radical (unpaired) electrons. The van der Waals surface area contributed by atoms with Gasteiger partial charge >= 0.3 is 0 Å². The number of hydrogen-bond donors (Lipinski definition) is 2. The fourth-order valence-corrected chi connectivity index (χ4v) is 2.58. The lowest BCUT2D eigenvalue weighted by molar-refractivity contribution is -0.117. The quantitative estimate of drug-likeness (QED) is 0.879. The molecule has 1 heterocycles. The standard InChI is InChI=1S/C18H28N2O2/c1-13(19-12-16(21)18(2,3)4)14-7-9-15(10-8-14)20-11-5-6-17(20)22/h7-10,13,16,19,21H,5-6,11-12H2,1-4H3. The third-order valence-corrected chi connectivity index (χ3v) is 4.40. The molecule has 4 nitrogen and oxygen atoms in total. The van der Waals surface area contributed by atoms with Crippen molar-refractivity contribution in [3.63, 3.8) is 0 Å². The number of carbonyl (C=O) groups is 1. The summed E-state index contributed by atoms with van der Waals surface area (Å²) in [6.45, 7) is 9.58. The number of aliphatic hydroxyl groups excluding tert-OH is 1. The Balaban J connectivity index is 1.94. The number of nitrogens with one attached hydrogen (secondary N) is 1. The fourth-order valence-electron chi connectivity index (χ4n) is 2.58. The van der Waals surface area contributed by atoms with Crippen LogP contribution in [0.3, 0.4) is 0 Å². The maximum absolute atomic E-state index is 11.8. The molecule has 1 aliphatic rings. The third kappa shape index (κ3) is 4.08. The van der Waals surface area contributed by atoms with E-state index < -0.39 is 0 Å². The van der Waals surface area contributed by atoms with E-state index in [4.69, 9.17) is 0 Å². The molecule has 2 rings (SSSR count). The van der Waals surface area contributed by atoms with Gasteiger partial charge in [0.25, 0.3) is 0 Å². The fraction of sp³-hybridized carbons (Fsp3) is 0.611. The minimum atomic E-state index is -0.378. The Hall–Kier alpha value is -1.39. The van der Waals surface area contributed by atoms with Crippen LogP contribution in [0.15, 0.2) is 24.3 Å². The first-order valence-corrected chi connectivity index (χ1v) is 8.11. The van der Waals surface area contributed by atoms with Crippen molar-refractivity contribution in [3.05, 3.63) is 29.8 Å². The highest BCUT2D eigenvalue weighted by atomic mass is 16.3. The van der Waals surface area contributed by atoms with Gasteiger partial charge in [-0.05, 0) is 36.5 Å². The van der Waals surface area contributed by atoms with E-state index in [0.29, 0.717) is 13.0 Å². The number of hydrogen-bond acceptors (Lipinski definition) is 3. The Bertz CT molecular complexity index is 505. The maximum atomic E-state index is 11.8. The summed E-state index contributed by atoms with van der Waals surface area (Å²) in [5.41, 5.74) is 2.02. The molecule has 0 spiro atoms. The minimum absolute atomic E-state index is 0.118. The van der Waals surface area contributed by atoms with Crippen LogP contribution in [0.1, 0.15) is 52.1 Å². The van der Waals surface area contributed by atoms with Crippen LogP contribution in [0.25, 0.3) is 0 Å². The Morgan fingerprint density at radius 2 is 1.91 bits per heavy atom. The highest BCUT2D eigenvalue weighted by Crippen LogP contribution is 2.24. The first-order chi connectivity index (χ1) is 10.3. The topological polar surface area (TPSA) is 52.6 Å². The molecule has 1 saturated heterocycles. The number of amides is 1. The summed E-state index contributed by atoms with van der Waals surface area (Å²) in [6.07, 6.45) is 1.23. The molecule has 4 heteroatoms. The van der Waals surface area contributed by atoms with E-state index in [-0.39, 0.29) is 23.5 Å². The molecule has 0 saturated carbocycles. The van der Waals surface area contributed by atoms with Crippen molar-refractivity contribution in [1.29, 1.82) is 0 Å². The lowest BCUT2D eigenvalue weighted by Crippen LogP contribution is -2.37. The summed E-state index contributed by atoms with van der Waals surface area (Å²) >= 11 is 0. The second kappa shape index (κ2) is 6.80. The molecule has 2 N–H and O–H groups in total. The molecule has 1 aliphatic heterocycles. The molecular formula is C18H28N2O2. The molecular weight excluding hydrogens is 276 g/mol. The summed E-state index contributed by atoms with van der Waals surface area (Å²) in [4.78, 5) is 13.6. The van der Waals surface area contributed by atoms with E-state index in [1.807, 2.05) is 37.8 Å². The Morgan fingerprint density at radius 3 is 2.41 bits per heavy atom. The van der Waals surface area contributed by atoms with Crippen LogP contribution in [0, 0.1) is 5.41 Å². The van der Waals surface area contributed by atoms with Gasteiger partial charge in [0.2, 0.25) is 5.91 Å². The molecule has 22 heavy (non-hydrogen) atoms. The second-order valence-electron chi connectivity index (χ2n) is 7.25. The van der Waals surface area contributed by atoms with E-state index >= 15 is 0 Å². The van der Waals surface area contributed by atoms with Gasteiger partial charge in [-0.1, -0.05) is 32.9 Å². The largest absolute Gasteiger partial charge is 0.391 e. The van der Waals surface area contributed by atoms with Gasteiger partial charge in [-0.25, -0.2) is 0 Å². The zero-order valence-corrected chi connectivity index (χ0v) is 14.1. The molecule has 2 unspecified atom stereocenters. The van der Waals surface area contributed by atoms with Crippen LogP contribution in [-0.4, -0.2) is 30.2 Å². The molecule has 1 aromatic rings. The third-order valence-electron chi connectivity index (χ3n) is 4.40. The minimum Gasteiger partial charge on any atom is -0.391 e. The molecule has 122 valence electrons. The number of benzene rings is 1. The van der Waals surface area contributed by atoms with Gasteiger partial charge in [-0.15, -0.1) is 0 Å². The van der Waals surface area contributed by atoms with Crippen LogP contribution in [0.4, 0.5) is 5.69 Å². The van der Waals surface area contributed by atoms with Crippen molar-refractivity contribution < 1.29 is 9.90 Å². The highest BCUT2D eigenvalue weighted by molar-refractivity contribution is 5.95. The zero-order valence-electron chi connectivity index (χ0n) is 14.1. The Labute approximate surface area is 133 Å². The van der Waals surface area contributed by atoms with Crippen LogP contribution in [-0.2, 0) is 4.79 Å². The van der Waals surface area contributed by atoms with Gasteiger partial charge in [-0.3, -0.25) is 4.79 Å². The van der Waals surface area contributed by atoms with Gasteiger partial charge in [0, 0.05) is 31.2 Å². The highest BCUT2D eigenvalue weighted by Gasteiger charge is 2.23. The summed E-state index contributed by atoms with van der Waals surface area (Å²) < 4.78 is 0. The van der Waals surface area contributed by atoms with Crippen molar-refractivity contribution >= 4 is 11.6 Å². The van der Waals surface area contributed by atoms with E-state index in [2.05, 4.69) is 24.4 Å². The van der Waals surface area contributed by atoms with Crippen LogP contribution in [0.2, 0.25) is 0 Å². The monoisotopic (exact) mass is 304 g/mol. The van der Waals surface area contributed by atoms with E-state index in [9.17, 15) is 9.90 Å². The normalized spacial score (nSPS) is 18.6. The Kier molecular flexibility index (Phi) is 5.24. The van der Waals surface area contributed by atoms with Gasteiger partial charge in [0.15, 0.2) is 0 Å². The lowest BCUT2D eigenvalue weighted by atomic mass is 9.89. The van der Waals surface area contributed by atoms with Crippen molar-refractivity contribution in [2.75, 3.05) is 18.0 Å². The van der Waals surface area contributed by atoms with E-state index in [0.717, 1.165) is 24.2 Å². The predicted octanol–water partition coefficient (Wildman–Crippen LogP) is 2.87. The number of anilines is 1. The maximum Gasteiger partial charge on any atom is 0.227 e.